The Labute approximate surface area is 82.2 Å². The van der Waals surface area contributed by atoms with Gasteiger partial charge in [0.25, 0.3) is 0 Å². The fourth-order valence-electron chi connectivity index (χ4n) is 1.67. The van der Waals surface area contributed by atoms with Crippen LogP contribution >= 0.6 is 0 Å². The van der Waals surface area contributed by atoms with Gasteiger partial charge in [0.1, 0.15) is 5.76 Å². The van der Waals surface area contributed by atoms with Crippen molar-refractivity contribution in [1.29, 1.82) is 0 Å². The molecule has 1 aromatic rings. The standard InChI is InChI=1S/C10H13NO3/c1-2-13-10(12)8-9-7(3-5-11-8)4-6-14-9/h4,6,8,11H,2-3,5H2,1H3. The quantitative estimate of drug-likeness (QED) is 0.716. The minimum absolute atomic E-state index is 0.261. The van der Waals surface area contributed by atoms with E-state index in [2.05, 4.69) is 5.32 Å². The third kappa shape index (κ3) is 1.53. The highest BCUT2D eigenvalue weighted by Gasteiger charge is 2.29. The van der Waals surface area contributed by atoms with E-state index >= 15 is 0 Å². The number of carbonyl (C=O) groups is 1. The van der Waals surface area contributed by atoms with Gasteiger partial charge in [-0.15, -0.1) is 0 Å². The minimum Gasteiger partial charge on any atom is -0.467 e. The summed E-state index contributed by atoms with van der Waals surface area (Å²) in [6, 6.07) is 1.48. The van der Waals surface area contributed by atoms with Crippen molar-refractivity contribution in [2.75, 3.05) is 13.2 Å². The van der Waals surface area contributed by atoms with Crippen molar-refractivity contribution in [1.82, 2.24) is 5.32 Å². The summed E-state index contributed by atoms with van der Waals surface area (Å²) in [5.41, 5.74) is 1.10. The summed E-state index contributed by atoms with van der Waals surface area (Å²) in [6.07, 6.45) is 2.52. The Morgan fingerprint density at radius 1 is 1.79 bits per heavy atom. The van der Waals surface area contributed by atoms with Crippen LogP contribution in [0, 0.1) is 0 Å². The summed E-state index contributed by atoms with van der Waals surface area (Å²) in [5, 5.41) is 3.08. The van der Waals surface area contributed by atoms with Gasteiger partial charge in [-0.3, -0.25) is 5.32 Å². The molecular formula is C10H13NO3. The summed E-state index contributed by atoms with van der Waals surface area (Å²) in [6.45, 7) is 2.98. The van der Waals surface area contributed by atoms with Crippen molar-refractivity contribution >= 4 is 5.97 Å². The highest BCUT2D eigenvalue weighted by Crippen LogP contribution is 2.24. The van der Waals surface area contributed by atoms with Crippen LogP contribution in [-0.4, -0.2) is 19.1 Å². The van der Waals surface area contributed by atoms with Crippen molar-refractivity contribution in [2.24, 2.45) is 0 Å². The Bertz CT molecular complexity index is 332. The van der Waals surface area contributed by atoms with E-state index in [0.29, 0.717) is 12.4 Å². The molecule has 1 aromatic heterocycles. The highest BCUT2D eigenvalue weighted by atomic mass is 16.5. The van der Waals surface area contributed by atoms with E-state index in [4.69, 9.17) is 9.15 Å². The monoisotopic (exact) mass is 195 g/mol. The molecule has 0 amide bonds. The lowest BCUT2D eigenvalue weighted by Gasteiger charge is -2.20. The SMILES string of the molecule is CCOC(=O)C1NCCc2ccoc21. The maximum Gasteiger partial charge on any atom is 0.331 e. The van der Waals surface area contributed by atoms with Crippen LogP contribution in [0.3, 0.4) is 0 Å². The van der Waals surface area contributed by atoms with Gasteiger partial charge in [0, 0.05) is 6.54 Å². The zero-order valence-corrected chi connectivity index (χ0v) is 8.08. The van der Waals surface area contributed by atoms with Crippen molar-refractivity contribution in [3.8, 4) is 0 Å². The van der Waals surface area contributed by atoms with Crippen LogP contribution in [0.15, 0.2) is 16.7 Å². The number of nitrogens with one attached hydrogen (secondary N) is 1. The van der Waals surface area contributed by atoms with E-state index in [1.54, 1.807) is 13.2 Å². The average molecular weight is 195 g/mol. The van der Waals surface area contributed by atoms with E-state index in [1.165, 1.54) is 0 Å². The Morgan fingerprint density at radius 3 is 3.43 bits per heavy atom. The molecule has 1 aliphatic heterocycles. The van der Waals surface area contributed by atoms with Crippen LogP contribution in [0.5, 0.6) is 0 Å². The molecule has 0 saturated heterocycles. The molecule has 0 aromatic carbocycles. The van der Waals surface area contributed by atoms with Crippen LogP contribution in [0.2, 0.25) is 0 Å². The Balaban J connectivity index is 2.19. The first-order valence-corrected chi connectivity index (χ1v) is 4.79. The summed E-state index contributed by atoms with van der Waals surface area (Å²) < 4.78 is 10.2. The number of hydrogen-bond donors (Lipinski definition) is 1. The fraction of sp³-hybridized carbons (Fsp3) is 0.500. The van der Waals surface area contributed by atoms with Gasteiger partial charge in [0.05, 0.1) is 12.9 Å². The molecular weight excluding hydrogens is 182 g/mol. The van der Waals surface area contributed by atoms with E-state index in [1.807, 2.05) is 6.07 Å². The predicted molar refractivity (Wildman–Crippen MR) is 49.8 cm³/mol. The number of fused-ring (bicyclic) bond motifs is 1. The van der Waals surface area contributed by atoms with Crippen LogP contribution < -0.4 is 5.32 Å². The van der Waals surface area contributed by atoms with Crippen molar-refractivity contribution in [3.05, 3.63) is 23.7 Å². The maximum atomic E-state index is 11.5. The third-order valence-corrected chi connectivity index (χ3v) is 2.31. The van der Waals surface area contributed by atoms with E-state index in [0.717, 1.165) is 18.5 Å². The largest absolute Gasteiger partial charge is 0.467 e. The number of ether oxygens (including phenoxy) is 1. The topological polar surface area (TPSA) is 51.5 Å². The molecule has 4 nitrogen and oxygen atoms in total. The molecule has 1 aliphatic rings. The van der Waals surface area contributed by atoms with Gasteiger partial charge in [-0.1, -0.05) is 0 Å². The number of hydrogen-bond acceptors (Lipinski definition) is 4. The summed E-state index contributed by atoms with van der Waals surface area (Å²) in [4.78, 5) is 11.5. The normalized spacial score (nSPS) is 20.2. The second-order valence-corrected chi connectivity index (χ2v) is 3.20. The Kier molecular flexibility index (Phi) is 2.54. The minimum atomic E-state index is -0.423. The van der Waals surface area contributed by atoms with Gasteiger partial charge in [-0.2, -0.15) is 0 Å². The summed E-state index contributed by atoms with van der Waals surface area (Å²) in [7, 11) is 0. The van der Waals surface area contributed by atoms with Gasteiger partial charge in [-0.25, -0.2) is 4.79 Å². The first-order chi connectivity index (χ1) is 6.83. The van der Waals surface area contributed by atoms with Crippen LogP contribution in [0.1, 0.15) is 24.3 Å². The zero-order chi connectivity index (χ0) is 9.97. The second kappa shape index (κ2) is 3.84. The van der Waals surface area contributed by atoms with Crippen molar-refractivity contribution < 1.29 is 13.9 Å². The van der Waals surface area contributed by atoms with E-state index < -0.39 is 6.04 Å². The molecule has 0 aliphatic carbocycles. The van der Waals surface area contributed by atoms with Crippen LogP contribution in [-0.2, 0) is 16.0 Å². The molecule has 0 fully saturated rings. The first-order valence-electron chi connectivity index (χ1n) is 4.79. The molecule has 2 rings (SSSR count). The lowest BCUT2D eigenvalue weighted by Crippen LogP contribution is -2.35. The fourth-order valence-corrected chi connectivity index (χ4v) is 1.67. The van der Waals surface area contributed by atoms with E-state index in [9.17, 15) is 4.79 Å². The lowest BCUT2D eigenvalue weighted by atomic mass is 10.0. The zero-order valence-electron chi connectivity index (χ0n) is 8.08. The molecule has 0 spiro atoms. The molecule has 1 N–H and O–H groups in total. The van der Waals surface area contributed by atoms with Crippen molar-refractivity contribution in [2.45, 2.75) is 19.4 Å². The molecule has 1 unspecified atom stereocenters. The predicted octanol–water partition coefficient (Wildman–Crippen LogP) is 1.03. The third-order valence-electron chi connectivity index (χ3n) is 2.31. The molecule has 2 heterocycles. The second-order valence-electron chi connectivity index (χ2n) is 3.20. The number of esters is 1. The maximum absolute atomic E-state index is 11.5. The van der Waals surface area contributed by atoms with Gasteiger partial charge < -0.3 is 9.15 Å². The molecule has 0 radical (unpaired) electrons. The molecule has 0 saturated carbocycles. The lowest BCUT2D eigenvalue weighted by molar-refractivity contribution is -0.146. The van der Waals surface area contributed by atoms with Gasteiger partial charge in [-0.05, 0) is 25.0 Å². The van der Waals surface area contributed by atoms with Gasteiger partial charge in [0.2, 0.25) is 0 Å². The highest BCUT2D eigenvalue weighted by molar-refractivity contribution is 5.77. The molecule has 76 valence electrons. The van der Waals surface area contributed by atoms with E-state index in [-0.39, 0.29) is 5.97 Å². The Morgan fingerprint density at radius 2 is 2.64 bits per heavy atom. The van der Waals surface area contributed by atoms with Crippen LogP contribution in [0.25, 0.3) is 0 Å². The van der Waals surface area contributed by atoms with Gasteiger partial charge >= 0.3 is 5.97 Å². The van der Waals surface area contributed by atoms with Crippen molar-refractivity contribution in [3.63, 3.8) is 0 Å². The Hall–Kier alpha value is -1.29. The summed E-state index contributed by atoms with van der Waals surface area (Å²) in [5.74, 6) is 0.443. The molecule has 14 heavy (non-hydrogen) atoms. The smallest absolute Gasteiger partial charge is 0.331 e. The number of carbonyl (C=O) groups excluding carboxylic acids is 1. The number of furan rings is 1. The number of rotatable bonds is 2. The van der Waals surface area contributed by atoms with Crippen LogP contribution in [0.4, 0.5) is 0 Å². The first kappa shape index (κ1) is 9.27. The summed E-state index contributed by atoms with van der Waals surface area (Å²) >= 11 is 0. The molecule has 0 bridgehead atoms. The molecule has 4 heteroatoms. The molecule has 1 atom stereocenters. The average Bonchev–Trinajstić information content (AvgIpc) is 2.65. The van der Waals surface area contributed by atoms with Gasteiger partial charge in [0.15, 0.2) is 6.04 Å².